The number of aromatic amines is 1. The first-order valence-corrected chi connectivity index (χ1v) is 5.80. The molecule has 15 heavy (non-hydrogen) atoms. The van der Waals surface area contributed by atoms with E-state index in [-0.39, 0.29) is 0 Å². The number of aromatic nitrogens is 1. The molecular weight excluding hydrogens is 204 g/mol. The summed E-state index contributed by atoms with van der Waals surface area (Å²) < 4.78 is 0. The third kappa shape index (κ3) is 1.77. The maximum absolute atomic E-state index is 9.10. The van der Waals surface area contributed by atoms with Crippen LogP contribution >= 0.6 is 11.8 Å². The highest BCUT2D eigenvalue weighted by molar-refractivity contribution is 7.98. The second kappa shape index (κ2) is 4.24. The van der Waals surface area contributed by atoms with Crippen molar-refractivity contribution in [3.05, 3.63) is 42.1 Å². The monoisotopic (exact) mass is 214 g/mol. The van der Waals surface area contributed by atoms with Crippen molar-refractivity contribution in [1.29, 1.82) is 5.26 Å². The summed E-state index contributed by atoms with van der Waals surface area (Å²) in [6.45, 7) is 0. The molecule has 0 aliphatic carbocycles. The van der Waals surface area contributed by atoms with E-state index in [0.29, 0.717) is 0 Å². The lowest BCUT2D eigenvalue weighted by Crippen LogP contribution is -1.79. The van der Waals surface area contributed by atoms with E-state index >= 15 is 0 Å². The number of rotatable bonds is 2. The smallest absolute Gasteiger partial charge is 0.103 e. The van der Waals surface area contributed by atoms with Crippen LogP contribution in [0.1, 0.15) is 5.56 Å². The van der Waals surface area contributed by atoms with Gasteiger partial charge in [0, 0.05) is 11.8 Å². The lowest BCUT2D eigenvalue weighted by molar-refractivity contribution is 1.19. The summed E-state index contributed by atoms with van der Waals surface area (Å²) in [5, 5.41) is 10.0. The molecule has 0 saturated heterocycles. The summed E-state index contributed by atoms with van der Waals surface area (Å²) in [4.78, 5) is 3.11. The van der Waals surface area contributed by atoms with E-state index in [0.717, 1.165) is 21.7 Å². The van der Waals surface area contributed by atoms with Gasteiger partial charge < -0.3 is 4.98 Å². The number of thioether (sulfide) groups is 1. The molecule has 0 atom stereocenters. The van der Waals surface area contributed by atoms with Gasteiger partial charge in [0.25, 0.3) is 0 Å². The average molecular weight is 214 g/mol. The quantitative estimate of drug-likeness (QED) is 0.779. The largest absolute Gasteiger partial charge is 0.355 e. The summed E-state index contributed by atoms with van der Waals surface area (Å²) in [5.41, 5.74) is 2.78. The van der Waals surface area contributed by atoms with Crippen molar-refractivity contribution < 1.29 is 0 Å². The van der Waals surface area contributed by atoms with E-state index in [1.807, 2.05) is 42.8 Å². The molecule has 0 spiro atoms. The Labute approximate surface area is 92.9 Å². The molecule has 0 bridgehead atoms. The molecular formula is C12H10N2S. The van der Waals surface area contributed by atoms with Crippen LogP contribution in [0, 0.1) is 11.3 Å². The SMILES string of the molecule is CSc1[nH]cc(-c2ccccc2)c1C#N. The van der Waals surface area contributed by atoms with Gasteiger partial charge in [0.15, 0.2) is 0 Å². The molecule has 3 heteroatoms. The first-order chi connectivity index (χ1) is 7.36. The van der Waals surface area contributed by atoms with Gasteiger partial charge >= 0.3 is 0 Å². The zero-order chi connectivity index (χ0) is 10.7. The Bertz CT molecular complexity index is 494. The van der Waals surface area contributed by atoms with Gasteiger partial charge in [-0.1, -0.05) is 30.3 Å². The fourth-order valence-electron chi connectivity index (χ4n) is 1.52. The standard InChI is InChI=1S/C12H10N2S/c1-15-12-10(7-13)11(8-14-12)9-5-3-2-4-6-9/h2-6,8,14H,1H3. The van der Waals surface area contributed by atoms with Crippen molar-refractivity contribution in [2.45, 2.75) is 5.03 Å². The van der Waals surface area contributed by atoms with Crippen molar-refractivity contribution in [3.63, 3.8) is 0 Å². The van der Waals surface area contributed by atoms with Crippen LogP contribution in [0.4, 0.5) is 0 Å². The number of nitrogens with zero attached hydrogens (tertiary/aromatic N) is 1. The average Bonchev–Trinajstić information content (AvgIpc) is 2.72. The molecule has 0 fully saturated rings. The Balaban J connectivity index is 2.55. The Hall–Kier alpha value is -1.66. The van der Waals surface area contributed by atoms with E-state index < -0.39 is 0 Å². The fourth-order valence-corrected chi connectivity index (χ4v) is 2.06. The minimum absolute atomic E-state index is 0.730. The van der Waals surface area contributed by atoms with Crippen molar-refractivity contribution in [2.24, 2.45) is 0 Å². The lowest BCUT2D eigenvalue weighted by Gasteiger charge is -1.97. The normalized spacial score (nSPS) is 9.87. The maximum atomic E-state index is 9.10. The first-order valence-electron chi connectivity index (χ1n) is 4.57. The molecule has 0 amide bonds. The summed E-state index contributed by atoms with van der Waals surface area (Å²) in [7, 11) is 0. The minimum Gasteiger partial charge on any atom is -0.355 e. The molecule has 2 aromatic rings. The Kier molecular flexibility index (Phi) is 2.79. The summed E-state index contributed by atoms with van der Waals surface area (Å²) >= 11 is 1.56. The van der Waals surface area contributed by atoms with E-state index in [1.54, 1.807) is 11.8 Å². The molecule has 2 rings (SSSR count). The van der Waals surface area contributed by atoms with Crippen molar-refractivity contribution in [3.8, 4) is 17.2 Å². The van der Waals surface area contributed by atoms with Gasteiger partial charge in [-0.25, -0.2) is 0 Å². The molecule has 1 N–H and O–H groups in total. The van der Waals surface area contributed by atoms with Crippen molar-refractivity contribution in [2.75, 3.05) is 6.26 Å². The number of benzene rings is 1. The third-order valence-electron chi connectivity index (χ3n) is 2.24. The molecule has 0 aliphatic heterocycles. The van der Waals surface area contributed by atoms with E-state index in [2.05, 4.69) is 11.1 Å². The summed E-state index contributed by atoms with van der Waals surface area (Å²) in [5.74, 6) is 0. The number of nitrogens with one attached hydrogen (secondary N) is 1. The highest BCUT2D eigenvalue weighted by Crippen LogP contribution is 2.29. The Morgan fingerprint density at radius 3 is 2.60 bits per heavy atom. The minimum atomic E-state index is 0.730. The molecule has 1 aromatic carbocycles. The van der Waals surface area contributed by atoms with Crippen LogP contribution in [0.15, 0.2) is 41.6 Å². The second-order valence-corrected chi connectivity index (χ2v) is 3.90. The van der Waals surface area contributed by atoms with Gasteiger partial charge in [0.1, 0.15) is 6.07 Å². The molecule has 0 aliphatic rings. The van der Waals surface area contributed by atoms with Gasteiger partial charge in [-0.2, -0.15) is 5.26 Å². The molecule has 74 valence electrons. The van der Waals surface area contributed by atoms with Crippen LogP contribution in [0.2, 0.25) is 0 Å². The van der Waals surface area contributed by atoms with Crippen LogP contribution in [0.25, 0.3) is 11.1 Å². The summed E-state index contributed by atoms with van der Waals surface area (Å²) in [6, 6.07) is 12.2. The number of hydrogen-bond acceptors (Lipinski definition) is 2. The maximum Gasteiger partial charge on any atom is 0.103 e. The van der Waals surface area contributed by atoms with Gasteiger partial charge in [0.2, 0.25) is 0 Å². The van der Waals surface area contributed by atoms with E-state index in [4.69, 9.17) is 5.26 Å². The predicted octanol–water partition coefficient (Wildman–Crippen LogP) is 3.28. The highest BCUT2D eigenvalue weighted by Gasteiger charge is 2.10. The molecule has 0 saturated carbocycles. The number of nitriles is 1. The Morgan fingerprint density at radius 2 is 2.00 bits per heavy atom. The van der Waals surface area contributed by atoms with Crippen LogP contribution < -0.4 is 0 Å². The molecule has 1 aromatic heterocycles. The first kappa shape index (κ1) is 9.88. The van der Waals surface area contributed by atoms with E-state index in [9.17, 15) is 0 Å². The zero-order valence-corrected chi connectivity index (χ0v) is 9.14. The topological polar surface area (TPSA) is 39.6 Å². The van der Waals surface area contributed by atoms with E-state index in [1.165, 1.54) is 0 Å². The molecule has 0 radical (unpaired) electrons. The second-order valence-electron chi connectivity index (χ2n) is 3.09. The van der Waals surface area contributed by atoms with Crippen molar-refractivity contribution >= 4 is 11.8 Å². The number of H-pyrrole nitrogens is 1. The van der Waals surface area contributed by atoms with Gasteiger partial charge in [-0.3, -0.25) is 0 Å². The fraction of sp³-hybridized carbons (Fsp3) is 0.0833. The number of hydrogen-bond donors (Lipinski definition) is 1. The molecule has 2 nitrogen and oxygen atoms in total. The Morgan fingerprint density at radius 1 is 1.27 bits per heavy atom. The molecule has 0 unspecified atom stereocenters. The van der Waals surface area contributed by atoms with Crippen LogP contribution in [-0.2, 0) is 0 Å². The predicted molar refractivity (Wildman–Crippen MR) is 62.7 cm³/mol. The highest BCUT2D eigenvalue weighted by atomic mass is 32.2. The lowest BCUT2D eigenvalue weighted by atomic mass is 10.1. The zero-order valence-electron chi connectivity index (χ0n) is 8.32. The van der Waals surface area contributed by atoms with Crippen LogP contribution in [0.3, 0.4) is 0 Å². The van der Waals surface area contributed by atoms with Crippen LogP contribution in [0.5, 0.6) is 0 Å². The van der Waals surface area contributed by atoms with Crippen molar-refractivity contribution in [1.82, 2.24) is 4.98 Å². The van der Waals surface area contributed by atoms with Gasteiger partial charge in [0.05, 0.1) is 10.6 Å². The van der Waals surface area contributed by atoms with Crippen LogP contribution in [-0.4, -0.2) is 11.2 Å². The summed E-state index contributed by atoms with van der Waals surface area (Å²) in [6.07, 6.45) is 3.85. The van der Waals surface area contributed by atoms with Gasteiger partial charge in [-0.15, -0.1) is 11.8 Å². The van der Waals surface area contributed by atoms with Gasteiger partial charge in [-0.05, 0) is 11.8 Å². The molecule has 1 heterocycles. The third-order valence-corrected chi connectivity index (χ3v) is 2.97.